The van der Waals surface area contributed by atoms with E-state index in [0.717, 1.165) is 7.11 Å². The van der Waals surface area contributed by atoms with Crippen molar-refractivity contribution in [3.05, 3.63) is 0 Å². The third-order valence-electron chi connectivity index (χ3n) is 0.149. The van der Waals surface area contributed by atoms with Gasteiger partial charge in [0.05, 0.1) is 7.11 Å². The number of rotatable bonds is 1. The van der Waals surface area contributed by atoms with Crippen LogP contribution >= 0.6 is 0 Å². The van der Waals surface area contributed by atoms with Crippen molar-refractivity contribution in [2.24, 2.45) is 0 Å². The van der Waals surface area contributed by atoms with Crippen molar-refractivity contribution in [2.75, 3.05) is 7.11 Å². The summed E-state index contributed by atoms with van der Waals surface area (Å²) in [5, 5.41) is 0. The second-order valence-electron chi connectivity index (χ2n) is 0.406. The molecule has 0 aliphatic heterocycles. The van der Waals surface area contributed by atoms with Crippen LogP contribution in [0, 0.1) is 0 Å². The second-order valence-corrected chi connectivity index (χ2v) is 1.22. The van der Waals surface area contributed by atoms with Gasteiger partial charge in [0.15, 0.2) is 0 Å². The van der Waals surface area contributed by atoms with Crippen molar-refractivity contribution in [1.82, 2.24) is 0 Å². The van der Waals surface area contributed by atoms with E-state index in [9.17, 15) is 8.42 Å². The fraction of sp³-hybridized carbons (Fsp3) is 1.00. The quantitative estimate of drug-likeness (QED) is 0.403. The van der Waals surface area contributed by atoms with Crippen molar-refractivity contribution < 1.29 is 32.1 Å². The van der Waals surface area contributed by atoms with Gasteiger partial charge >= 0.3 is 0 Å². The van der Waals surface area contributed by atoms with E-state index < -0.39 is 11.0 Å². The molecule has 0 bridgehead atoms. The molecule has 0 amide bonds. The number of thiol groups is 1. The van der Waals surface area contributed by atoms with Gasteiger partial charge in [-0.1, -0.05) is 0 Å². The smallest absolute Gasteiger partial charge is 0.256 e. The van der Waals surface area contributed by atoms with E-state index in [2.05, 4.69) is 4.18 Å². The maximum atomic E-state index is 9.18. The molecule has 3 nitrogen and oxygen atoms in total. The molecule has 6 heavy (non-hydrogen) atoms. The Labute approximate surface area is 50.6 Å². The zero-order valence-electron chi connectivity index (χ0n) is 3.38. The monoisotopic (exact) mass is 160 g/mol. The first-order chi connectivity index (χ1) is 2.27. The largest absolute Gasteiger partial charge is 0.276 e. The summed E-state index contributed by atoms with van der Waals surface area (Å²) in [6, 6.07) is 0. The fourth-order valence-electron chi connectivity index (χ4n) is 0. The Bertz CT molecular complexity index is 68.9. The minimum Gasteiger partial charge on any atom is -0.276 e. The average molecular weight is 161 g/mol. The normalized spacial score (nSPS) is 7.67. The van der Waals surface area contributed by atoms with E-state index in [1.165, 1.54) is 0 Å². The third-order valence-corrected chi connectivity index (χ3v) is 0.447. The molecule has 0 aromatic rings. The molecule has 34 valence electrons. The molecule has 0 N–H and O–H groups in total. The molecule has 0 aromatic heterocycles. The van der Waals surface area contributed by atoms with Crippen molar-refractivity contribution in [1.29, 1.82) is 0 Å². The molecule has 0 atom stereocenters. The van der Waals surface area contributed by atoms with Gasteiger partial charge < -0.3 is 0 Å². The molecule has 0 heterocycles. The van der Waals surface area contributed by atoms with Crippen molar-refractivity contribution in [3.63, 3.8) is 0 Å². The summed E-state index contributed by atoms with van der Waals surface area (Å²) in [5.74, 6) is 0. The van der Waals surface area contributed by atoms with Gasteiger partial charge in [0, 0.05) is 19.5 Å². The first-order valence-electron chi connectivity index (χ1n) is 0.956. The summed E-state index contributed by atoms with van der Waals surface area (Å²) in [4.78, 5) is 0. The Morgan fingerprint density at radius 1 is 1.50 bits per heavy atom. The van der Waals surface area contributed by atoms with Crippen molar-refractivity contribution in [3.8, 4) is 0 Å². The molecular weight excluding hydrogens is 157 g/mol. The van der Waals surface area contributed by atoms with Crippen LogP contribution in [-0.2, 0) is 34.6 Å². The Balaban J connectivity index is 0. The van der Waals surface area contributed by atoms with Gasteiger partial charge in [-0.2, -0.15) is 0 Å². The molecule has 0 fully saturated rings. The minimum atomic E-state index is -2.60. The van der Waals surface area contributed by atoms with Crippen LogP contribution in [-0.4, -0.2) is 15.5 Å². The van der Waals surface area contributed by atoms with E-state index >= 15 is 0 Å². The zero-order valence-corrected chi connectivity index (χ0v) is 7.24. The van der Waals surface area contributed by atoms with E-state index in [1.807, 2.05) is 0 Å². The third kappa shape index (κ3) is 8.82. The van der Waals surface area contributed by atoms with Gasteiger partial charge in [-0.15, -0.1) is 0 Å². The minimum absolute atomic E-state index is 0. The van der Waals surface area contributed by atoms with Crippen molar-refractivity contribution in [2.45, 2.75) is 0 Å². The van der Waals surface area contributed by atoms with Gasteiger partial charge in [-0.05, 0) is 0 Å². The fourth-order valence-corrected chi connectivity index (χ4v) is 0. The summed E-state index contributed by atoms with van der Waals surface area (Å²) in [6.45, 7) is 0. The summed E-state index contributed by atoms with van der Waals surface area (Å²) in [6.07, 6.45) is 0. The Kier molecular flexibility index (Phi) is 8.98. The maximum Gasteiger partial charge on any atom is 0.256 e. The summed E-state index contributed by atoms with van der Waals surface area (Å²) < 4.78 is 22.1. The van der Waals surface area contributed by atoms with Gasteiger partial charge in [0.1, 0.15) is 0 Å². The van der Waals surface area contributed by atoms with E-state index in [1.54, 1.807) is 0 Å². The van der Waals surface area contributed by atoms with Crippen LogP contribution in [0.1, 0.15) is 0 Å². The molecule has 0 radical (unpaired) electrons. The Hall–Kier alpha value is 0.533. The van der Waals surface area contributed by atoms with Crippen molar-refractivity contribution >= 4 is 11.0 Å². The summed E-state index contributed by atoms with van der Waals surface area (Å²) in [7, 11) is -1.50. The van der Waals surface area contributed by atoms with Crippen LogP contribution in [0.25, 0.3) is 0 Å². The molecule has 5 heteroatoms. The van der Waals surface area contributed by atoms with Gasteiger partial charge in [0.25, 0.3) is 11.0 Å². The summed E-state index contributed by atoms with van der Waals surface area (Å²) in [5.41, 5.74) is 0. The van der Waals surface area contributed by atoms with Crippen LogP contribution < -0.4 is 0 Å². The molecule has 0 aliphatic carbocycles. The maximum absolute atomic E-state index is 9.18. The Morgan fingerprint density at radius 3 is 1.67 bits per heavy atom. The molecule has 0 saturated heterocycles. The topological polar surface area (TPSA) is 43.4 Å². The van der Waals surface area contributed by atoms with E-state index in [-0.39, 0.29) is 19.5 Å². The number of hydrogen-bond acceptors (Lipinski definition) is 3. The van der Waals surface area contributed by atoms with E-state index in [0.29, 0.717) is 0 Å². The average Bonchev–Trinajstić information content (AvgIpc) is 1.38. The number of hydrogen-bond donors (Lipinski definition) is 1. The molecule has 0 saturated carbocycles. The standard InChI is InChI=1S/CH4O3S.Zn/c1-4-5(2)3;/h5H,1H3;. The van der Waals surface area contributed by atoms with Gasteiger partial charge in [-0.3, -0.25) is 4.18 Å². The first-order valence-corrected chi connectivity index (χ1v) is 2.05. The Morgan fingerprint density at radius 2 is 1.67 bits per heavy atom. The molecule has 0 rings (SSSR count). The van der Waals surface area contributed by atoms with Crippen LogP contribution in [0.5, 0.6) is 0 Å². The van der Waals surface area contributed by atoms with Crippen LogP contribution in [0.15, 0.2) is 0 Å². The second kappa shape index (κ2) is 5.53. The molecule has 0 aliphatic rings. The van der Waals surface area contributed by atoms with Crippen LogP contribution in [0.3, 0.4) is 0 Å². The zero-order chi connectivity index (χ0) is 4.28. The summed E-state index contributed by atoms with van der Waals surface area (Å²) >= 11 is 0. The van der Waals surface area contributed by atoms with Gasteiger partial charge in [-0.25, -0.2) is 8.42 Å². The molecular formula is CH4O3SZn. The predicted octanol–water partition coefficient (Wildman–Crippen LogP) is -0.843. The van der Waals surface area contributed by atoms with Crippen LogP contribution in [0.4, 0.5) is 0 Å². The SMILES string of the molecule is CO[SH](=O)=O.[Zn]. The van der Waals surface area contributed by atoms with Crippen LogP contribution in [0.2, 0.25) is 0 Å². The van der Waals surface area contributed by atoms with Gasteiger partial charge in [0.2, 0.25) is 0 Å². The molecule has 0 unspecified atom stereocenters. The van der Waals surface area contributed by atoms with E-state index in [4.69, 9.17) is 0 Å². The molecule has 0 aromatic carbocycles. The first kappa shape index (κ1) is 9.73. The molecule has 0 spiro atoms. The predicted molar refractivity (Wildman–Crippen MR) is 17.3 cm³/mol.